The fourth-order valence-electron chi connectivity index (χ4n) is 3.23. The van der Waals surface area contributed by atoms with E-state index in [1.54, 1.807) is 0 Å². The van der Waals surface area contributed by atoms with Gasteiger partial charge in [-0.15, -0.1) is 0 Å². The molecule has 2 aliphatic rings. The van der Waals surface area contributed by atoms with Gasteiger partial charge in [0.2, 0.25) is 5.91 Å². The van der Waals surface area contributed by atoms with Gasteiger partial charge in [-0.25, -0.2) is 0 Å². The van der Waals surface area contributed by atoms with Crippen LogP contribution in [0.2, 0.25) is 0 Å². The SMILES string of the molecule is CC(C)C(=O)N1CCC(NC2CCCCC2)CC1. The van der Waals surface area contributed by atoms with Crippen LogP contribution in [0.15, 0.2) is 0 Å². The zero-order chi connectivity index (χ0) is 13.0. The largest absolute Gasteiger partial charge is 0.342 e. The highest BCUT2D eigenvalue weighted by Crippen LogP contribution is 2.20. The maximum atomic E-state index is 11.9. The Hall–Kier alpha value is -0.570. The number of piperidine rings is 1. The van der Waals surface area contributed by atoms with Crippen molar-refractivity contribution in [1.29, 1.82) is 0 Å². The zero-order valence-corrected chi connectivity index (χ0v) is 12.0. The number of amides is 1. The predicted octanol–water partition coefficient (Wildman–Crippen LogP) is 2.56. The highest BCUT2D eigenvalue weighted by Gasteiger charge is 2.25. The summed E-state index contributed by atoms with van der Waals surface area (Å²) in [6.07, 6.45) is 9.17. The van der Waals surface area contributed by atoms with E-state index in [-0.39, 0.29) is 5.92 Å². The van der Waals surface area contributed by atoms with Crippen molar-refractivity contribution >= 4 is 5.91 Å². The van der Waals surface area contributed by atoms with E-state index in [0.717, 1.165) is 32.0 Å². The van der Waals surface area contributed by atoms with E-state index < -0.39 is 0 Å². The third-order valence-corrected chi connectivity index (χ3v) is 4.38. The van der Waals surface area contributed by atoms with Gasteiger partial charge in [0.15, 0.2) is 0 Å². The number of carbonyl (C=O) groups excluding carboxylic acids is 1. The Morgan fingerprint density at radius 3 is 2.11 bits per heavy atom. The third kappa shape index (κ3) is 3.71. The van der Waals surface area contributed by atoms with Crippen LogP contribution in [0, 0.1) is 5.92 Å². The molecule has 2 rings (SSSR count). The van der Waals surface area contributed by atoms with Crippen molar-refractivity contribution in [2.45, 2.75) is 70.9 Å². The van der Waals surface area contributed by atoms with E-state index in [2.05, 4.69) is 5.32 Å². The number of hydrogen-bond donors (Lipinski definition) is 1. The zero-order valence-electron chi connectivity index (χ0n) is 12.0. The molecule has 1 N–H and O–H groups in total. The Morgan fingerprint density at radius 1 is 1.00 bits per heavy atom. The summed E-state index contributed by atoms with van der Waals surface area (Å²) in [5.74, 6) is 0.471. The summed E-state index contributed by atoms with van der Waals surface area (Å²) in [5, 5.41) is 3.81. The van der Waals surface area contributed by atoms with Crippen LogP contribution in [0.3, 0.4) is 0 Å². The van der Waals surface area contributed by atoms with Crippen LogP contribution in [-0.4, -0.2) is 36.0 Å². The first-order valence-corrected chi connectivity index (χ1v) is 7.71. The van der Waals surface area contributed by atoms with E-state index in [0.29, 0.717) is 11.9 Å². The minimum absolute atomic E-state index is 0.146. The van der Waals surface area contributed by atoms with Gasteiger partial charge in [-0.05, 0) is 25.7 Å². The molecule has 1 saturated heterocycles. The highest BCUT2D eigenvalue weighted by molar-refractivity contribution is 5.78. The molecule has 1 aliphatic heterocycles. The monoisotopic (exact) mass is 252 g/mol. The van der Waals surface area contributed by atoms with Crippen molar-refractivity contribution in [2.75, 3.05) is 13.1 Å². The van der Waals surface area contributed by atoms with Crippen LogP contribution in [0.4, 0.5) is 0 Å². The average molecular weight is 252 g/mol. The van der Waals surface area contributed by atoms with Gasteiger partial charge < -0.3 is 10.2 Å². The van der Waals surface area contributed by atoms with Crippen molar-refractivity contribution < 1.29 is 4.79 Å². The lowest BCUT2D eigenvalue weighted by molar-refractivity contribution is -0.135. The second-order valence-corrected chi connectivity index (χ2v) is 6.26. The van der Waals surface area contributed by atoms with Crippen molar-refractivity contribution in [1.82, 2.24) is 10.2 Å². The van der Waals surface area contributed by atoms with Gasteiger partial charge in [0.1, 0.15) is 0 Å². The Balaban J connectivity index is 1.71. The Kier molecular flexibility index (Phi) is 5.04. The molecule has 0 spiro atoms. The summed E-state index contributed by atoms with van der Waals surface area (Å²) < 4.78 is 0. The number of carbonyl (C=O) groups is 1. The molecular weight excluding hydrogens is 224 g/mol. The highest BCUT2D eigenvalue weighted by atomic mass is 16.2. The maximum Gasteiger partial charge on any atom is 0.225 e. The number of nitrogens with zero attached hydrogens (tertiary/aromatic N) is 1. The predicted molar refractivity (Wildman–Crippen MR) is 74.4 cm³/mol. The Bertz CT molecular complexity index is 264. The molecule has 0 aromatic heterocycles. The molecule has 104 valence electrons. The van der Waals surface area contributed by atoms with Crippen LogP contribution in [0.5, 0.6) is 0 Å². The van der Waals surface area contributed by atoms with Crippen molar-refractivity contribution in [3.63, 3.8) is 0 Å². The summed E-state index contributed by atoms with van der Waals surface area (Å²) in [5.41, 5.74) is 0. The first kappa shape index (κ1) is 13.9. The van der Waals surface area contributed by atoms with Gasteiger partial charge in [0.25, 0.3) is 0 Å². The lowest BCUT2D eigenvalue weighted by Crippen LogP contribution is -2.48. The van der Waals surface area contributed by atoms with Crippen molar-refractivity contribution in [3.8, 4) is 0 Å². The van der Waals surface area contributed by atoms with E-state index in [4.69, 9.17) is 0 Å². The number of rotatable bonds is 3. The summed E-state index contributed by atoms with van der Waals surface area (Å²) in [4.78, 5) is 13.9. The number of likely N-dealkylation sites (tertiary alicyclic amines) is 1. The topological polar surface area (TPSA) is 32.3 Å². The van der Waals surface area contributed by atoms with Crippen LogP contribution in [0.25, 0.3) is 0 Å². The third-order valence-electron chi connectivity index (χ3n) is 4.38. The summed E-state index contributed by atoms with van der Waals surface area (Å²) in [6, 6.07) is 1.39. The molecule has 1 aliphatic carbocycles. The van der Waals surface area contributed by atoms with Gasteiger partial charge in [-0.1, -0.05) is 33.1 Å². The second-order valence-electron chi connectivity index (χ2n) is 6.26. The average Bonchev–Trinajstić information content (AvgIpc) is 2.40. The molecule has 0 atom stereocenters. The molecule has 3 nitrogen and oxygen atoms in total. The van der Waals surface area contributed by atoms with Gasteiger partial charge in [0.05, 0.1) is 0 Å². The standard InChI is InChI=1S/C15H28N2O/c1-12(2)15(18)17-10-8-14(9-11-17)16-13-6-4-3-5-7-13/h12-14,16H,3-11H2,1-2H3. The summed E-state index contributed by atoms with van der Waals surface area (Å²) in [7, 11) is 0. The van der Waals surface area contributed by atoms with E-state index >= 15 is 0 Å². The van der Waals surface area contributed by atoms with Gasteiger partial charge in [0, 0.05) is 31.1 Å². The first-order valence-electron chi connectivity index (χ1n) is 7.71. The van der Waals surface area contributed by atoms with E-state index in [9.17, 15) is 4.79 Å². The van der Waals surface area contributed by atoms with Crippen LogP contribution in [-0.2, 0) is 4.79 Å². The molecule has 0 aromatic carbocycles. The summed E-state index contributed by atoms with van der Waals surface area (Å²) in [6.45, 7) is 5.88. The fourth-order valence-corrected chi connectivity index (χ4v) is 3.23. The van der Waals surface area contributed by atoms with Crippen molar-refractivity contribution in [2.24, 2.45) is 5.92 Å². The quantitative estimate of drug-likeness (QED) is 0.837. The molecule has 18 heavy (non-hydrogen) atoms. The normalized spacial score (nSPS) is 23.6. The molecule has 3 heteroatoms. The fraction of sp³-hybridized carbons (Fsp3) is 0.933. The molecule has 1 saturated carbocycles. The molecule has 2 fully saturated rings. The molecular formula is C15H28N2O. The molecule has 1 heterocycles. The number of hydrogen-bond acceptors (Lipinski definition) is 2. The van der Waals surface area contributed by atoms with E-state index in [1.165, 1.54) is 32.1 Å². The minimum atomic E-state index is 0.146. The lowest BCUT2D eigenvalue weighted by Gasteiger charge is -2.36. The maximum absolute atomic E-state index is 11.9. The first-order chi connectivity index (χ1) is 8.66. The smallest absolute Gasteiger partial charge is 0.225 e. The van der Waals surface area contributed by atoms with Gasteiger partial charge in [-0.3, -0.25) is 4.79 Å². The Morgan fingerprint density at radius 2 is 1.56 bits per heavy atom. The summed E-state index contributed by atoms with van der Waals surface area (Å²) >= 11 is 0. The molecule has 0 unspecified atom stereocenters. The molecule has 1 amide bonds. The van der Waals surface area contributed by atoms with E-state index in [1.807, 2.05) is 18.7 Å². The number of nitrogens with one attached hydrogen (secondary N) is 1. The van der Waals surface area contributed by atoms with Crippen LogP contribution in [0.1, 0.15) is 58.8 Å². The minimum Gasteiger partial charge on any atom is -0.342 e. The molecule has 0 radical (unpaired) electrons. The Labute approximate surface area is 111 Å². The van der Waals surface area contributed by atoms with Crippen LogP contribution < -0.4 is 5.32 Å². The van der Waals surface area contributed by atoms with Gasteiger partial charge >= 0.3 is 0 Å². The second kappa shape index (κ2) is 6.55. The lowest BCUT2D eigenvalue weighted by atomic mass is 9.93. The molecule has 0 aromatic rings. The van der Waals surface area contributed by atoms with Gasteiger partial charge in [-0.2, -0.15) is 0 Å². The van der Waals surface area contributed by atoms with Crippen LogP contribution >= 0.6 is 0 Å². The molecule has 0 bridgehead atoms. The van der Waals surface area contributed by atoms with Crippen molar-refractivity contribution in [3.05, 3.63) is 0 Å².